The summed E-state index contributed by atoms with van der Waals surface area (Å²) < 4.78 is 0. The lowest BCUT2D eigenvalue weighted by molar-refractivity contribution is -0.144. The summed E-state index contributed by atoms with van der Waals surface area (Å²) in [6, 6.07) is 4.32. The predicted molar refractivity (Wildman–Crippen MR) is 81.1 cm³/mol. The topological polar surface area (TPSA) is 40.5 Å². The van der Waals surface area contributed by atoms with E-state index in [1.54, 1.807) is 0 Å². The second kappa shape index (κ2) is 5.49. The van der Waals surface area contributed by atoms with Crippen molar-refractivity contribution in [2.24, 2.45) is 11.8 Å². The van der Waals surface area contributed by atoms with Crippen molar-refractivity contribution in [3.05, 3.63) is 21.9 Å². The third kappa shape index (κ3) is 2.29. The Labute approximate surface area is 124 Å². The first kappa shape index (κ1) is 14.1. The van der Waals surface area contributed by atoms with Gasteiger partial charge in [0.25, 0.3) is 0 Å². The van der Waals surface area contributed by atoms with Crippen LogP contribution < -0.4 is 0 Å². The van der Waals surface area contributed by atoms with E-state index in [2.05, 4.69) is 30.9 Å². The Morgan fingerprint density at radius 2 is 2.30 bits per heavy atom. The van der Waals surface area contributed by atoms with Gasteiger partial charge in [-0.15, -0.1) is 11.3 Å². The van der Waals surface area contributed by atoms with Gasteiger partial charge in [-0.2, -0.15) is 0 Å². The first-order valence-corrected chi connectivity index (χ1v) is 8.50. The van der Waals surface area contributed by atoms with E-state index in [0.29, 0.717) is 11.8 Å². The summed E-state index contributed by atoms with van der Waals surface area (Å²) >= 11 is 1.84. The van der Waals surface area contributed by atoms with Crippen molar-refractivity contribution < 1.29 is 9.90 Å². The van der Waals surface area contributed by atoms with E-state index < -0.39 is 5.97 Å². The van der Waals surface area contributed by atoms with Crippen LogP contribution in [0.15, 0.2) is 12.1 Å². The molecule has 1 saturated heterocycles. The van der Waals surface area contributed by atoms with Gasteiger partial charge in [-0.25, -0.2) is 0 Å². The molecule has 3 rings (SSSR count). The average Bonchev–Trinajstić information content (AvgIpc) is 3.11. The molecule has 2 aliphatic rings. The third-order valence-corrected chi connectivity index (χ3v) is 6.52. The molecule has 4 heteroatoms. The maximum Gasteiger partial charge on any atom is 0.321 e. The fraction of sp³-hybridized carbons (Fsp3) is 0.688. The molecule has 4 unspecified atom stereocenters. The maximum absolute atomic E-state index is 11.7. The number of carbonyl (C=O) groups is 1. The Morgan fingerprint density at radius 1 is 1.50 bits per heavy atom. The van der Waals surface area contributed by atoms with Gasteiger partial charge in [0, 0.05) is 22.3 Å². The number of aliphatic carboxylic acids is 1. The van der Waals surface area contributed by atoms with Crippen molar-refractivity contribution in [1.82, 2.24) is 4.90 Å². The van der Waals surface area contributed by atoms with Crippen LogP contribution in [0.3, 0.4) is 0 Å². The number of hydrogen-bond donors (Lipinski definition) is 1. The van der Waals surface area contributed by atoms with Crippen molar-refractivity contribution in [2.45, 2.75) is 51.6 Å². The minimum Gasteiger partial charge on any atom is -0.480 e. The Kier molecular flexibility index (Phi) is 3.87. The summed E-state index contributed by atoms with van der Waals surface area (Å²) in [5.41, 5.74) is 0. The molecule has 20 heavy (non-hydrogen) atoms. The molecule has 0 spiro atoms. The van der Waals surface area contributed by atoms with Crippen LogP contribution >= 0.6 is 11.3 Å². The molecule has 4 atom stereocenters. The molecule has 1 N–H and O–H groups in total. The molecule has 2 fully saturated rings. The van der Waals surface area contributed by atoms with Gasteiger partial charge in [0.2, 0.25) is 0 Å². The summed E-state index contributed by atoms with van der Waals surface area (Å²) in [6.07, 6.45) is 4.57. The highest BCUT2D eigenvalue weighted by Gasteiger charge is 2.49. The molecule has 1 aliphatic heterocycles. The number of carboxylic acids is 1. The van der Waals surface area contributed by atoms with Crippen LogP contribution in [-0.4, -0.2) is 28.6 Å². The first-order chi connectivity index (χ1) is 9.61. The number of thiophene rings is 1. The number of aryl methyl sites for hydroxylation is 1. The van der Waals surface area contributed by atoms with Crippen LogP contribution in [-0.2, 0) is 11.2 Å². The Hall–Kier alpha value is -0.870. The molecule has 0 aromatic carbocycles. The van der Waals surface area contributed by atoms with Crippen LogP contribution in [0.5, 0.6) is 0 Å². The van der Waals surface area contributed by atoms with Crippen LogP contribution in [0.4, 0.5) is 0 Å². The zero-order chi connectivity index (χ0) is 14.3. The number of likely N-dealkylation sites (tertiary alicyclic amines) is 1. The number of nitrogens with zero attached hydrogens (tertiary/aromatic N) is 1. The van der Waals surface area contributed by atoms with E-state index in [1.165, 1.54) is 22.6 Å². The first-order valence-electron chi connectivity index (χ1n) is 7.69. The summed E-state index contributed by atoms with van der Waals surface area (Å²) in [4.78, 5) is 16.7. The van der Waals surface area contributed by atoms with E-state index in [1.807, 2.05) is 11.3 Å². The highest BCUT2D eigenvalue weighted by molar-refractivity contribution is 7.12. The van der Waals surface area contributed by atoms with E-state index in [4.69, 9.17) is 0 Å². The second-order valence-corrected chi connectivity index (χ2v) is 7.37. The van der Waals surface area contributed by atoms with Crippen LogP contribution in [0.1, 0.15) is 48.9 Å². The minimum absolute atomic E-state index is 0.229. The number of rotatable bonds is 4. The molecule has 1 aromatic rings. The fourth-order valence-electron chi connectivity index (χ4n) is 4.03. The van der Waals surface area contributed by atoms with Gasteiger partial charge in [-0.05, 0) is 50.2 Å². The van der Waals surface area contributed by atoms with Gasteiger partial charge in [-0.1, -0.05) is 13.3 Å². The molecule has 1 saturated carbocycles. The normalized spacial score (nSPS) is 31.4. The maximum atomic E-state index is 11.7. The van der Waals surface area contributed by atoms with E-state index >= 15 is 0 Å². The quantitative estimate of drug-likeness (QED) is 0.923. The largest absolute Gasteiger partial charge is 0.480 e. The van der Waals surface area contributed by atoms with Gasteiger partial charge >= 0.3 is 5.97 Å². The van der Waals surface area contributed by atoms with Gasteiger partial charge in [0.1, 0.15) is 6.04 Å². The minimum atomic E-state index is -0.626. The molecule has 1 aromatic heterocycles. The highest BCUT2D eigenvalue weighted by Crippen LogP contribution is 2.45. The summed E-state index contributed by atoms with van der Waals surface area (Å²) in [5, 5.41) is 9.64. The summed E-state index contributed by atoms with van der Waals surface area (Å²) in [6.45, 7) is 5.30. The monoisotopic (exact) mass is 293 g/mol. The average molecular weight is 293 g/mol. The highest BCUT2D eigenvalue weighted by atomic mass is 32.1. The molecular weight excluding hydrogens is 270 g/mol. The zero-order valence-electron chi connectivity index (χ0n) is 12.2. The lowest BCUT2D eigenvalue weighted by atomic mass is 9.94. The lowest BCUT2D eigenvalue weighted by Gasteiger charge is -2.29. The molecule has 0 radical (unpaired) electrons. The zero-order valence-corrected chi connectivity index (χ0v) is 13.0. The van der Waals surface area contributed by atoms with E-state index in [0.717, 1.165) is 19.4 Å². The summed E-state index contributed by atoms with van der Waals surface area (Å²) in [5.74, 6) is 0.350. The molecule has 0 bridgehead atoms. The predicted octanol–water partition coefficient (Wildman–Crippen LogP) is 3.56. The smallest absolute Gasteiger partial charge is 0.321 e. The lowest BCUT2D eigenvalue weighted by Crippen LogP contribution is -2.40. The van der Waals surface area contributed by atoms with Crippen LogP contribution in [0, 0.1) is 11.8 Å². The number of fused-ring (bicyclic) bond motifs is 1. The van der Waals surface area contributed by atoms with E-state index in [9.17, 15) is 9.90 Å². The Morgan fingerprint density at radius 3 is 2.95 bits per heavy atom. The van der Waals surface area contributed by atoms with Gasteiger partial charge in [-0.3, -0.25) is 9.69 Å². The van der Waals surface area contributed by atoms with Crippen LogP contribution in [0.25, 0.3) is 0 Å². The molecule has 0 amide bonds. The van der Waals surface area contributed by atoms with Crippen molar-refractivity contribution in [3.8, 4) is 0 Å². The molecule has 3 nitrogen and oxygen atoms in total. The van der Waals surface area contributed by atoms with Crippen LogP contribution in [0.2, 0.25) is 0 Å². The van der Waals surface area contributed by atoms with Crippen molar-refractivity contribution >= 4 is 17.3 Å². The van der Waals surface area contributed by atoms with Crippen molar-refractivity contribution in [1.29, 1.82) is 0 Å². The van der Waals surface area contributed by atoms with Gasteiger partial charge in [0.05, 0.1) is 0 Å². The number of carboxylic acid groups (broad SMARTS) is 1. The fourth-order valence-corrected chi connectivity index (χ4v) is 5.06. The second-order valence-electron chi connectivity index (χ2n) is 6.17. The van der Waals surface area contributed by atoms with Gasteiger partial charge < -0.3 is 5.11 Å². The SMILES string of the molecule is CCc1ccc(C(C)N2CC3CCCC3C2C(=O)O)s1. The molecular formula is C16H23NO2S. The molecule has 2 heterocycles. The molecule has 1 aliphatic carbocycles. The Bertz CT molecular complexity index is 498. The summed E-state index contributed by atoms with van der Waals surface area (Å²) in [7, 11) is 0. The Balaban J connectivity index is 1.82. The molecule has 110 valence electrons. The van der Waals surface area contributed by atoms with E-state index in [-0.39, 0.29) is 12.1 Å². The standard InChI is InChI=1S/C16H23NO2S/c1-3-12-7-8-14(20-12)10(2)17-9-11-5-4-6-13(11)15(17)16(18)19/h7-8,10-11,13,15H,3-6,9H2,1-2H3,(H,18,19). The number of hydrogen-bond acceptors (Lipinski definition) is 3. The van der Waals surface area contributed by atoms with Crippen molar-refractivity contribution in [2.75, 3.05) is 6.54 Å². The third-order valence-electron chi connectivity index (χ3n) is 5.12. The van der Waals surface area contributed by atoms with Gasteiger partial charge in [0.15, 0.2) is 0 Å². The van der Waals surface area contributed by atoms with Crippen molar-refractivity contribution in [3.63, 3.8) is 0 Å².